The van der Waals surface area contributed by atoms with Gasteiger partial charge in [0.05, 0.1) is 11.5 Å². The molecule has 1 unspecified atom stereocenters. The summed E-state index contributed by atoms with van der Waals surface area (Å²) in [7, 11) is -1.49. The van der Waals surface area contributed by atoms with E-state index in [1.54, 1.807) is 28.6 Å². The molecule has 0 saturated carbocycles. The number of sulfonamides is 1. The third-order valence-corrected chi connectivity index (χ3v) is 6.10. The second-order valence-corrected chi connectivity index (χ2v) is 8.04. The van der Waals surface area contributed by atoms with Gasteiger partial charge in [-0.05, 0) is 56.6 Å². The number of rotatable bonds is 9. The maximum atomic E-state index is 12.7. The van der Waals surface area contributed by atoms with E-state index >= 15 is 0 Å². The molecule has 1 N–H and O–H groups in total. The summed E-state index contributed by atoms with van der Waals surface area (Å²) in [6, 6.07) is 6.80. The van der Waals surface area contributed by atoms with Crippen LogP contribution in [0.4, 0.5) is 0 Å². The summed E-state index contributed by atoms with van der Waals surface area (Å²) in [4.78, 5) is 0.350. The highest BCUT2D eigenvalue weighted by molar-refractivity contribution is 7.89. The minimum Gasteiger partial charge on any atom is -0.494 e. The van der Waals surface area contributed by atoms with Crippen molar-refractivity contribution in [1.82, 2.24) is 9.62 Å². The van der Waals surface area contributed by atoms with Crippen molar-refractivity contribution in [3.63, 3.8) is 0 Å². The van der Waals surface area contributed by atoms with E-state index in [4.69, 9.17) is 4.74 Å². The number of nitrogens with zero attached hydrogens (tertiary/aromatic N) is 1. The number of ether oxygens (including phenoxy) is 1. The monoisotopic (exact) mass is 340 g/mol. The van der Waals surface area contributed by atoms with Crippen LogP contribution in [0.15, 0.2) is 29.2 Å². The van der Waals surface area contributed by atoms with Gasteiger partial charge in [0.2, 0.25) is 10.0 Å². The Hall–Kier alpha value is -1.11. The Morgan fingerprint density at radius 2 is 2.00 bits per heavy atom. The molecule has 0 bridgehead atoms. The summed E-state index contributed by atoms with van der Waals surface area (Å²) < 4.78 is 32.5. The van der Waals surface area contributed by atoms with E-state index in [1.165, 1.54) is 0 Å². The van der Waals surface area contributed by atoms with Crippen LogP contribution in [0.5, 0.6) is 5.75 Å². The maximum Gasteiger partial charge on any atom is 0.243 e. The van der Waals surface area contributed by atoms with Gasteiger partial charge >= 0.3 is 0 Å². The number of benzene rings is 1. The average molecular weight is 340 g/mol. The van der Waals surface area contributed by atoms with E-state index in [2.05, 4.69) is 12.2 Å². The van der Waals surface area contributed by atoms with Crippen LogP contribution in [0.25, 0.3) is 0 Å². The topological polar surface area (TPSA) is 58.6 Å². The molecule has 0 spiro atoms. The van der Waals surface area contributed by atoms with Crippen molar-refractivity contribution in [3.8, 4) is 5.75 Å². The van der Waals surface area contributed by atoms with Crippen LogP contribution >= 0.6 is 0 Å². The summed E-state index contributed by atoms with van der Waals surface area (Å²) >= 11 is 0. The average Bonchev–Trinajstić information content (AvgIpc) is 3.02. The number of nitrogens with one attached hydrogen (secondary N) is 1. The van der Waals surface area contributed by atoms with E-state index in [9.17, 15) is 8.42 Å². The SMILES string of the molecule is CCCCCOc1ccc(S(=O)(=O)N2CCC(CNC)C2)cc1. The first-order chi connectivity index (χ1) is 11.1. The molecule has 1 fully saturated rings. The van der Waals surface area contributed by atoms with Crippen LogP contribution in [0, 0.1) is 5.92 Å². The molecule has 2 rings (SSSR count). The van der Waals surface area contributed by atoms with Crippen LogP contribution in [0.3, 0.4) is 0 Å². The van der Waals surface area contributed by atoms with E-state index in [0.29, 0.717) is 30.5 Å². The van der Waals surface area contributed by atoms with E-state index < -0.39 is 10.0 Å². The van der Waals surface area contributed by atoms with Gasteiger partial charge in [-0.15, -0.1) is 0 Å². The zero-order chi connectivity index (χ0) is 16.7. The molecule has 1 heterocycles. The van der Waals surface area contributed by atoms with Gasteiger partial charge in [0, 0.05) is 13.1 Å². The standard InChI is InChI=1S/C17H28N2O3S/c1-3-4-5-12-22-16-6-8-17(9-7-16)23(20,21)19-11-10-15(14-19)13-18-2/h6-9,15,18H,3-5,10-14H2,1-2H3. The molecule has 1 aliphatic heterocycles. The van der Waals surface area contributed by atoms with Gasteiger partial charge in [0.15, 0.2) is 0 Å². The van der Waals surface area contributed by atoms with Gasteiger partial charge in [-0.2, -0.15) is 4.31 Å². The lowest BCUT2D eigenvalue weighted by atomic mass is 10.1. The molecule has 1 aromatic rings. The van der Waals surface area contributed by atoms with Crippen LogP contribution in [0.1, 0.15) is 32.6 Å². The van der Waals surface area contributed by atoms with Crippen molar-refractivity contribution in [2.75, 3.05) is 33.3 Å². The largest absolute Gasteiger partial charge is 0.494 e. The van der Waals surface area contributed by atoms with E-state index in [1.807, 2.05) is 7.05 Å². The van der Waals surface area contributed by atoms with Crippen LogP contribution < -0.4 is 10.1 Å². The quantitative estimate of drug-likeness (QED) is 0.702. The Labute approximate surface area is 140 Å². The highest BCUT2D eigenvalue weighted by Gasteiger charge is 2.32. The second-order valence-electron chi connectivity index (χ2n) is 6.10. The fourth-order valence-corrected chi connectivity index (χ4v) is 4.40. The van der Waals surface area contributed by atoms with Crippen LogP contribution in [0.2, 0.25) is 0 Å². The van der Waals surface area contributed by atoms with Gasteiger partial charge < -0.3 is 10.1 Å². The van der Waals surface area contributed by atoms with Crippen LogP contribution in [-0.2, 0) is 10.0 Å². The minimum atomic E-state index is -3.39. The van der Waals surface area contributed by atoms with Gasteiger partial charge in [-0.1, -0.05) is 19.8 Å². The van der Waals surface area contributed by atoms with Gasteiger partial charge in [-0.3, -0.25) is 0 Å². The van der Waals surface area contributed by atoms with Crippen molar-refractivity contribution in [3.05, 3.63) is 24.3 Å². The normalized spacial score (nSPS) is 19.1. The molecule has 1 aromatic carbocycles. The Morgan fingerprint density at radius 3 is 2.65 bits per heavy atom. The van der Waals surface area contributed by atoms with Crippen molar-refractivity contribution in [2.45, 2.75) is 37.5 Å². The fraction of sp³-hybridized carbons (Fsp3) is 0.647. The van der Waals surface area contributed by atoms with Gasteiger partial charge in [0.25, 0.3) is 0 Å². The molecule has 0 aliphatic carbocycles. The van der Waals surface area contributed by atoms with E-state index in [0.717, 1.165) is 38.0 Å². The maximum absolute atomic E-state index is 12.7. The van der Waals surface area contributed by atoms with Crippen molar-refractivity contribution in [2.24, 2.45) is 5.92 Å². The number of hydrogen-bond donors (Lipinski definition) is 1. The fourth-order valence-electron chi connectivity index (χ4n) is 2.87. The lowest BCUT2D eigenvalue weighted by Crippen LogP contribution is -2.30. The second kappa shape index (κ2) is 8.66. The third-order valence-electron chi connectivity index (χ3n) is 4.22. The summed E-state index contributed by atoms with van der Waals surface area (Å²) in [6.45, 7) is 4.88. The molecule has 0 amide bonds. The first-order valence-corrected chi connectivity index (χ1v) is 9.89. The predicted octanol–water partition coefficient (Wildman–Crippen LogP) is 2.49. The summed E-state index contributed by atoms with van der Waals surface area (Å²) in [5, 5.41) is 3.12. The number of unbranched alkanes of at least 4 members (excludes halogenated alkanes) is 2. The molecule has 5 nitrogen and oxygen atoms in total. The van der Waals surface area contributed by atoms with E-state index in [-0.39, 0.29) is 0 Å². The smallest absolute Gasteiger partial charge is 0.243 e. The first-order valence-electron chi connectivity index (χ1n) is 8.45. The summed E-state index contributed by atoms with van der Waals surface area (Å²) in [6.07, 6.45) is 4.25. The summed E-state index contributed by atoms with van der Waals surface area (Å²) in [5.74, 6) is 1.13. The third kappa shape index (κ3) is 4.93. The molecule has 23 heavy (non-hydrogen) atoms. The molecular formula is C17H28N2O3S. The van der Waals surface area contributed by atoms with Gasteiger partial charge in [-0.25, -0.2) is 8.42 Å². The molecule has 6 heteroatoms. The zero-order valence-corrected chi connectivity index (χ0v) is 14.9. The Bertz CT molecular complexity index is 572. The Morgan fingerprint density at radius 1 is 1.26 bits per heavy atom. The van der Waals surface area contributed by atoms with Crippen molar-refractivity contribution < 1.29 is 13.2 Å². The zero-order valence-electron chi connectivity index (χ0n) is 14.1. The van der Waals surface area contributed by atoms with Gasteiger partial charge in [0.1, 0.15) is 5.75 Å². The highest BCUT2D eigenvalue weighted by atomic mass is 32.2. The van der Waals surface area contributed by atoms with Crippen molar-refractivity contribution >= 4 is 10.0 Å². The molecule has 0 radical (unpaired) electrons. The summed E-state index contributed by atoms with van der Waals surface area (Å²) in [5.41, 5.74) is 0. The first kappa shape index (κ1) is 18.2. The molecule has 1 aliphatic rings. The lowest BCUT2D eigenvalue weighted by molar-refractivity contribution is 0.306. The minimum absolute atomic E-state index is 0.350. The predicted molar refractivity (Wildman–Crippen MR) is 92.3 cm³/mol. The molecule has 1 saturated heterocycles. The Balaban J connectivity index is 1.95. The lowest BCUT2D eigenvalue weighted by Gasteiger charge is -2.17. The Kier molecular flexibility index (Phi) is 6.87. The number of hydrogen-bond acceptors (Lipinski definition) is 4. The van der Waals surface area contributed by atoms with Crippen LogP contribution in [-0.4, -0.2) is 46.0 Å². The van der Waals surface area contributed by atoms with Crippen molar-refractivity contribution in [1.29, 1.82) is 0 Å². The molecular weight excluding hydrogens is 312 g/mol. The molecule has 1 atom stereocenters. The highest BCUT2D eigenvalue weighted by Crippen LogP contribution is 2.25. The molecule has 0 aromatic heterocycles. The molecule has 130 valence electrons.